The van der Waals surface area contributed by atoms with Crippen LogP contribution in [0.2, 0.25) is 0 Å². The van der Waals surface area contributed by atoms with E-state index in [1.165, 1.54) is 25.7 Å². The van der Waals surface area contributed by atoms with E-state index in [0.29, 0.717) is 0 Å². The summed E-state index contributed by atoms with van der Waals surface area (Å²) in [5.74, 6) is 2.63. The topological polar surface area (TPSA) is 37.4 Å². The summed E-state index contributed by atoms with van der Waals surface area (Å²) in [5.41, 5.74) is 0. The highest BCUT2D eigenvalue weighted by Gasteiger charge is 2.26. The summed E-state index contributed by atoms with van der Waals surface area (Å²) < 4.78 is 5.42. The Kier molecular flexibility index (Phi) is 3.87. The van der Waals surface area contributed by atoms with Crippen LogP contribution in [0, 0.1) is 5.92 Å². The number of rotatable bonds is 5. The fourth-order valence-corrected chi connectivity index (χ4v) is 2.82. The summed E-state index contributed by atoms with van der Waals surface area (Å²) in [6.07, 6.45) is 7.15. The predicted octanol–water partition coefficient (Wildman–Crippen LogP) is 2.06. The number of methoxy groups -OCH3 is 1. The summed E-state index contributed by atoms with van der Waals surface area (Å²) in [7, 11) is 1.72. The van der Waals surface area contributed by atoms with E-state index in [0.717, 1.165) is 43.2 Å². The van der Waals surface area contributed by atoms with Crippen LogP contribution >= 0.6 is 0 Å². The maximum atomic E-state index is 5.42. The van der Waals surface area contributed by atoms with Crippen LogP contribution in [0.3, 0.4) is 0 Å². The van der Waals surface area contributed by atoms with Gasteiger partial charge >= 0.3 is 0 Å². The number of hydrogen-bond acceptors (Lipinski definition) is 4. The highest BCUT2D eigenvalue weighted by Crippen LogP contribution is 2.29. The molecule has 1 saturated carbocycles. The van der Waals surface area contributed by atoms with E-state index in [-0.39, 0.29) is 0 Å². The minimum atomic E-state index is 0.737. The molecular weight excluding hydrogens is 238 g/mol. The molecule has 19 heavy (non-hydrogen) atoms. The first-order valence-electron chi connectivity index (χ1n) is 7.34. The number of pyridine rings is 1. The predicted molar refractivity (Wildman–Crippen MR) is 76.8 cm³/mol. The van der Waals surface area contributed by atoms with E-state index in [1.54, 1.807) is 7.11 Å². The summed E-state index contributed by atoms with van der Waals surface area (Å²) in [6, 6.07) is 4.73. The Morgan fingerprint density at radius 1 is 1.42 bits per heavy atom. The fourth-order valence-electron chi connectivity index (χ4n) is 2.82. The number of nitrogens with zero attached hydrogens (tertiary/aromatic N) is 2. The third-order valence-electron chi connectivity index (χ3n) is 4.06. The van der Waals surface area contributed by atoms with Gasteiger partial charge in [-0.15, -0.1) is 0 Å². The van der Waals surface area contributed by atoms with E-state index in [2.05, 4.69) is 15.2 Å². The molecule has 0 spiro atoms. The van der Waals surface area contributed by atoms with Gasteiger partial charge in [-0.05, 0) is 50.3 Å². The molecule has 1 atom stereocenters. The van der Waals surface area contributed by atoms with Crippen LogP contribution < -0.4 is 15.0 Å². The van der Waals surface area contributed by atoms with Gasteiger partial charge in [0.1, 0.15) is 0 Å². The second-order valence-corrected chi connectivity index (χ2v) is 5.67. The average molecular weight is 261 g/mol. The van der Waals surface area contributed by atoms with Crippen molar-refractivity contribution in [3.63, 3.8) is 0 Å². The molecule has 3 rings (SSSR count). The van der Waals surface area contributed by atoms with Crippen LogP contribution in [0.25, 0.3) is 0 Å². The standard InChI is InChI=1S/C15H23N3O/c1-19-14-5-2-8-16-15(14)18-9-3-4-12(11-18)10-17-13-6-7-13/h2,5,8,12-13,17H,3-4,6-7,9-11H2,1H3. The normalized spacial score (nSPS) is 23.4. The molecule has 1 aromatic rings. The molecule has 2 heterocycles. The molecule has 1 saturated heterocycles. The average Bonchev–Trinajstić information content (AvgIpc) is 3.29. The van der Waals surface area contributed by atoms with E-state index < -0.39 is 0 Å². The van der Waals surface area contributed by atoms with Gasteiger partial charge in [-0.2, -0.15) is 0 Å². The highest BCUT2D eigenvalue weighted by atomic mass is 16.5. The zero-order chi connectivity index (χ0) is 13.1. The Morgan fingerprint density at radius 3 is 3.11 bits per heavy atom. The molecule has 0 bridgehead atoms. The van der Waals surface area contributed by atoms with Crippen LogP contribution in [-0.2, 0) is 0 Å². The van der Waals surface area contributed by atoms with Gasteiger partial charge in [0, 0.05) is 25.3 Å². The Hall–Kier alpha value is -1.29. The van der Waals surface area contributed by atoms with E-state index in [4.69, 9.17) is 4.74 Å². The van der Waals surface area contributed by atoms with Crippen molar-refractivity contribution in [3.8, 4) is 5.75 Å². The minimum absolute atomic E-state index is 0.737. The Balaban J connectivity index is 1.62. The molecule has 1 N–H and O–H groups in total. The fraction of sp³-hybridized carbons (Fsp3) is 0.667. The van der Waals surface area contributed by atoms with Crippen molar-refractivity contribution in [2.75, 3.05) is 31.6 Å². The Labute approximate surface area is 115 Å². The van der Waals surface area contributed by atoms with Gasteiger partial charge in [0.15, 0.2) is 11.6 Å². The smallest absolute Gasteiger partial charge is 0.171 e. The van der Waals surface area contributed by atoms with E-state index in [9.17, 15) is 0 Å². The molecule has 2 aliphatic rings. The van der Waals surface area contributed by atoms with Crippen LogP contribution in [-0.4, -0.2) is 37.8 Å². The van der Waals surface area contributed by atoms with Crippen molar-refractivity contribution in [2.45, 2.75) is 31.7 Å². The molecule has 0 amide bonds. The van der Waals surface area contributed by atoms with Crippen molar-refractivity contribution < 1.29 is 4.74 Å². The number of hydrogen-bond donors (Lipinski definition) is 1. The lowest BCUT2D eigenvalue weighted by atomic mass is 9.98. The minimum Gasteiger partial charge on any atom is -0.493 e. The van der Waals surface area contributed by atoms with Crippen LogP contribution in [0.5, 0.6) is 5.75 Å². The van der Waals surface area contributed by atoms with Crippen LogP contribution in [0.4, 0.5) is 5.82 Å². The molecule has 1 aliphatic carbocycles. The highest BCUT2D eigenvalue weighted by molar-refractivity contribution is 5.52. The van der Waals surface area contributed by atoms with Gasteiger partial charge in [0.2, 0.25) is 0 Å². The van der Waals surface area contributed by atoms with Crippen molar-refractivity contribution in [1.82, 2.24) is 10.3 Å². The molecule has 4 nitrogen and oxygen atoms in total. The molecule has 1 aliphatic heterocycles. The van der Waals surface area contributed by atoms with E-state index in [1.807, 2.05) is 18.3 Å². The molecule has 4 heteroatoms. The number of aromatic nitrogens is 1. The lowest BCUT2D eigenvalue weighted by Crippen LogP contribution is -2.40. The zero-order valence-electron chi connectivity index (χ0n) is 11.6. The van der Waals surface area contributed by atoms with E-state index >= 15 is 0 Å². The van der Waals surface area contributed by atoms with Crippen molar-refractivity contribution in [2.24, 2.45) is 5.92 Å². The lowest BCUT2D eigenvalue weighted by Gasteiger charge is -2.34. The monoisotopic (exact) mass is 261 g/mol. The molecule has 1 aromatic heterocycles. The third-order valence-corrected chi connectivity index (χ3v) is 4.06. The second kappa shape index (κ2) is 5.78. The SMILES string of the molecule is COc1cccnc1N1CCCC(CNC2CC2)C1. The van der Waals surface area contributed by atoms with Gasteiger partial charge in [0.25, 0.3) is 0 Å². The zero-order valence-corrected chi connectivity index (χ0v) is 11.6. The molecule has 104 valence electrons. The van der Waals surface area contributed by atoms with Gasteiger partial charge in [-0.25, -0.2) is 4.98 Å². The number of piperidine rings is 1. The van der Waals surface area contributed by atoms with Crippen molar-refractivity contribution in [3.05, 3.63) is 18.3 Å². The first kappa shape index (κ1) is 12.7. The molecular formula is C15H23N3O. The second-order valence-electron chi connectivity index (χ2n) is 5.67. The summed E-state index contributed by atoms with van der Waals surface area (Å²) in [5, 5.41) is 3.65. The van der Waals surface area contributed by atoms with Gasteiger partial charge < -0.3 is 15.0 Å². The van der Waals surface area contributed by atoms with Crippen LogP contribution in [0.1, 0.15) is 25.7 Å². The first-order chi connectivity index (χ1) is 9.36. The van der Waals surface area contributed by atoms with Crippen LogP contribution in [0.15, 0.2) is 18.3 Å². The van der Waals surface area contributed by atoms with Crippen molar-refractivity contribution in [1.29, 1.82) is 0 Å². The maximum Gasteiger partial charge on any atom is 0.171 e. The largest absolute Gasteiger partial charge is 0.493 e. The molecule has 0 radical (unpaired) electrons. The lowest BCUT2D eigenvalue weighted by molar-refractivity contribution is 0.379. The summed E-state index contributed by atoms with van der Waals surface area (Å²) >= 11 is 0. The van der Waals surface area contributed by atoms with Gasteiger partial charge in [-0.1, -0.05) is 0 Å². The molecule has 0 aromatic carbocycles. The number of nitrogens with one attached hydrogen (secondary N) is 1. The molecule has 1 unspecified atom stereocenters. The van der Waals surface area contributed by atoms with Crippen molar-refractivity contribution >= 4 is 5.82 Å². The quantitative estimate of drug-likeness (QED) is 0.880. The third kappa shape index (κ3) is 3.18. The Bertz CT molecular complexity index is 420. The maximum absolute atomic E-state index is 5.42. The number of anilines is 1. The summed E-state index contributed by atoms with van der Waals surface area (Å²) in [6.45, 7) is 3.33. The molecule has 2 fully saturated rings. The number of ether oxygens (including phenoxy) is 1. The van der Waals surface area contributed by atoms with Gasteiger partial charge in [-0.3, -0.25) is 0 Å². The first-order valence-corrected chi connectivity index (χ1v) is 7.34. The van der Waals surface area contributed by atoms with Gasteiger partial charge in [0.05, 0.1) is 7.11 Å². The summed E-state index contributed by atoms with van der Waals surface area (Å²) in [4.78, 5) is 6.87. The Morgan fingerprint density at radius 2 is 2.32 bits per heavy atom.